The van der Waals surface area contributed by atoms with E-state index in [0.29, 0.717) is 16.1 Å². The number of methoxy groups -OCH3 is 1. The molecule has 18 heavy (non-hydrogen) atoms. The van der Waals surface area contributed by atoms with Gasteiger partial charge in [0.25, 0.3) is 0 Å². The van der Waals surface area contributed by atoms with Crippen LogP contribution in [-0.4, -0.2) is 22.2 Å². The lowest BCUT2D eigenvalue weighted by molar-refractivity contribution is 0.276. The molecule has 2 aromatic rings. The first-order chi connectivity index (χ1) is 8.69. The number of H-pyrrole nitrogens is 1. The van der Waals surface area contributed by atoms with Crippen LogP contribution in [0.15, 0.2) is 22.8 Å². The van der Waals surface area contributed by atoms with Gasteiger partial charge in [0.2, 0.25) is 0 Å². The van der Waals surface area contributed by atoms with E-state index in [2.05, 4.69) is 32.8 Å². The topological polar surface area (TPSA) is 58.1 Å². The molecule has 0 saturated carbocycles. The number of nitrogens with one attached hydrogen (secondary N) is 1. The Balaban J connectivity index is 2.53. The van der Waals surface area contributed by atoms with Gasteiger partial charge in [0.1, 0.15) is 16.2 Å². The molecule has 0 aliphatic carbocycles. The Hall–Kier alpha value is -1.33. The second kappa shape index (κ2) is 5.54. The van der Waals surface area contributed by atoms with E-state index in [0.717, 1.165) is 17.7 Å². The van der Waals surface area contributed by atoms with Gasteiger partial charge in [0.05, 0.1) is 25.0 Å². The summed E-state index contributed by atoms with van der Waals surface area (Å²) < 4.78 is 5.97. The molecular formula is C13H15BrN2O2. The minimum atomic E-state index is -0.0800. The van der Waals surface area contributed by atoms with Crippen LogP contribution in [0.2, 0.25) is 0 Å². The number of hydrogen-bond acceptors (Lipinski definition) is 3. The second-order valence-corrected chi connectivity index (χ2v) is 4.65. The molecule has 0 amide bonds. The van der Waals surface area contributed by atoms with Crippen LogP contribution in [0, 0.1) is 0 Å². The highest BCUT2D eigenvalue weighted by Crippen LogP contribution is 2.31. The highest BCUT2D eigenvalue weighted by molar-refractivity contribution is 9.10. The van der Waals surface area contributed by atoms with E-state index in [-0.39, 0.29) is 6.61 Å². The maximum Gasteiger partial charge on any atom is 0.142 e. The van der Waals surface area contributed by atoms with Crippen LogP contribution in [0.1, 0.15) is 18.2 Å². The molecule has 0 radical (unpaired) electrons. The SMILES string of the molecule is CCc1ccc(OC)c(-c2nc(Br)c(CO)[nH]2)c1. The van der Waals surface area contributed by atoms with Gasteiger partial charge in [-0.25, -0.2) is 4.98 Å². The molecule has 0 fully saturated rings. The summed E-state index contributed by atoms with van der Waals surface area (Å²) in [6.45, 7) is 2.02. The van der Waals surface area contributed by atoms with Crippen molar-refractivity contribution >= 4 is 15.9 Å². The molecule has 0 bridgehead atoms. The summed E-state index contributed by atoms with van der Waals surface area (Å²) in [5, 5.41) is 9.17. The molecule has 1 aromatic heterocycles. The van der Waals surface area contributed by atoms with Crippen LogP contribution in [0.5, 0.6) is 5.75 Å². The largest absolute Gasteiger partial charge is 0.496 e. The van der Waals surface area contributed by atoms with Crippen molar-refractivity contribution in [3.05, 3.63) is 34.1 Å². The normalized spacial score (nSPS) is 10.7. The summed E-state index contributed by atoms with van der Waals surface area (Å²) in [7, 11) is 1.63. The number of halogens is 1. The Bertz CT molecular complexity index is 552. The van der Waals surface area contributed by atoms with E-state index in [9.17, 15) is 5.11 Å². The average molecular weight is 311 g/mol. The molecule has 1 heterocycles. The first-order valence-electron chi connectivity index (χ1n) is 5.72. The number of ether oxygens (including phenoxy) is 1. The summed E-state index contributed by atoms with van der Waals surface area (Å²) in [4.78, 5) is 7.44. The Morgan fingerprint density at radius 2 is 2.22 bits per heavy atom. The summed E-state index contributed by atoms with van der Waals surface area (Å²) in [5.41, 5.74) is 2.77. The fourth-order valence-corrected chi connectivity index (χ4v) is 2.18. The number of hydrogen-bond donors (Lipinski definition) is 2. The second-order valence-electron chi connectivity index (χ2n) is 3.90. The number of aromatic nitrogens is 2. The number of nitrogens with zero attached hydrogens (tertiary/aromatic N) is 1. The van der Waals surface area contributed by atoms with Crippen molar-refractivity contribution in [2.24, 2.45) is 0 Å². The number of benzene rings is 1. The van der Waals surface area contributed by atoms with Gasteiger partial charge < -0.3 is 14.8 Å². The minimum absolute atomic E-state index is 0.0800. The van der Waals surface area contributed by atoms with E-state index in [4.69, 9.17) is 4.74 Å². The number of aromatic amines is 1. The van der Waals surface area contributed by atoms with Crippen molar-refractivity contribution in [3.63, 3.8) is 0 Å². The third-order valence-corrected chi connectivity index (χ3v) is 3.47. The molecule has 0 spiro atoms. The zero-order chi connectivity index (χ0) is 13.1. The van der Waals surface area contributed by atoms with Crippen molar-refractivity contribution in [1.29, 1.82) is 0 Å². The van der Waals surface area contributed by atoms with E-state index in [1.165, 1.54) is 5.56 Å². The number of aryl methyl sites for hydroxylation is 1. The predicted molar refractivity (Wildman–Crippen MR) is 73.6 cm³/mol. The first kappa shape index (κ1) is 13.1. The monoisotopic (exact) mass is 310 g/mol. The summed E-state index contributed by atoms with van der Waals surface area (Å²) in [6, 6.07) is 6.02. The van der Waals surface area contributed by atoms with E-state index < -0.39 is 0 Å². The molecule has 5 heteroatoms. The fourth-order valence-electron chi connectivity index (χ4n) is 1.78. The lowest BCUT2D eigenvalue weighted by atomic mass is 10.1. The van der Waals surface area contributed by atoms with Crippen molar-refractivity contribution in [1.82, 2.24) is 9.97 Å². The highest BCUT2D eigenvalue weighted by Gasteiger charge is 2.13. The minimum Gasteiger partial charge on any atom is -0.496 e. The summed E-state index contributed by atoms with van der Waals surface area (Å²) in [6.07, 6.45) is 0.950. The van der Waals surface area contributed by atoms with Crippen LogP contribution in [0.3, 0.4) is 0 Å². The molecule has 0 aliphatic heterocycles. The number of imidazole rings is 1. The van der Waals surface area contributed by atoms with Gasteiger partial charge >= 0.3 is 0 Å². The van der Waals surface area contributed by atoms with Crippen LogP contribution < -0.4 is 4.74 Å². The molecule has 2 rings (SSSR count). The quantitative estimate of drug-likeness (QED) is 0.913. The Labute approximate surface area is 114 Å². The van der Waals surface area contributed by atoms with Gasteiger partial charge in [0, 0.05) is 0 Å². The van der Waals surface area contributed by atoms with Crippen molar-refractivity contribution in [2.45, 2.75) is 20.0 Å². The maximum atomic E-state index is 9.17. The van der Waals surface area contributed by atoms with Gasteiger partial charge in [0.15, 0.2) is 0 Å². The third kappa shape index (κ3) is 2.42. The standard InChI is InChI=1S/C13H15BrN2O2/c1-3-8-4-5-11(18-2)9(6-8)13-15-10(7-17)12(14)16-13/h4-6,17H,3,7H2,1-2H3,(H,15,16). The zero-order valence-electron chi connectivity index (χ0n) is 10.3. The number of rotatable bonds is 4. The fraction of sp³-hybridized carbons (Fsp3) is 0.308. The van der Waals surface area contributed by atoms with Crippen molar-refractivity contribution < 1.29 is 9.84 Å². The summed E-state index contributed by atoms with van der Waals surface area (Å²) >= 11 is 3.31. The Morgan fingerprint density at radius 3 is 2.78 bits per heavy atom. The van der Waals surface area contributed by atoms with Gasteiger partial charge in [-0.15, -0.1) is 0 Å². The molecule has 4 nitrogen and oxygen atoms in total. The maximum absolute atomic E-state index is 9.17. The van der Waals surface area contributed by atoms with Crippen LogP contribution in [0.25, 0.3) is 11.4 Å². The highest BCUT2D eigenvalue weighted by atomic mass is 79.9. The Morgan fingerprint density at radius 1 is 1.44 bits per heavy atom. The number of aliphatic hydroxyl groups excluding tert-OH is 1. The van der Waals surface area contributed by atoms with Gasteiger partial charge in [-0.2, -0.15) is 0 Å². The lowest BCUT2D eigenvalue weighted by Gasteiger charge is -2.08. The van der Waals surface area contributed by atoms with Gasteiger partial charge in [-0.1, -0.05) is 13.0 Å². The molecule has 96 valence electrons. The predicted octanol–water partition coefficient (Wildman–Crippen LogP) is 2.90. The van der Waals surface area contributed by atoms with Gasteiger partial charge in [-0.3, -0.25) is 0 Å². The first-order valence-corrected chi connectivity index (χ1v) is 6.51. The van der Waals surface area contributed by atoms with Crippen LogP contribution in [0.4, 0.5) is 0 Å². The molecule has 2 N–H and O–H groups in total. The lowest BCUT2D eigenvalue weighted by Crippen LogP contribution is -1.92. The molecule has 0 saturated heterocycles. The van der Waals surface area contributed by atoms with Crippen molar-refractivity contribution in [2.75, 3.05) is 7.11 Å². The van der Waals surface area contributed by atoms with Crippen molar-refractivity contribution in [3.8, 4) is 17.1 Å². The van der Waals surface area contributed by atoms with E-state index >= 15 is 0 Å². The molecule has 1 aromatic carbocycles. The molecular weight excluding hydrogens is 296 g/mol. The zero-order valence-corrected chi connectivity index (χ0v) is 11.9. The average Bonchev–Trinajstić information content (AvgIpc) is 2.79. The molecule has 0 atom stereocenters. The van der Waals surface area contributed by atoms with E-state index in [1.54, 1.807) is 7.11 Å². The smallest absolute Gasteiger partial charge is 0.142 e. The van der Waals surface area contributed by atoms with Gasteiger partial charge in [-0.05, 0) is 40.0 Å². The van der Waals surface area contributed by atoms with E-state index in [1.807, 2.05) is 18.2 Å². The molecule has 0 unspecified atom stereocenters. The Kier molecular flexibility index (Phi) is 4.04. The molecule has 0 aliphatic rings. The van der Waals surface area contributed by atoms with Crippen LogP contribution >= 0.6 is 15.9 Å². The van der Waals surface area contributed by atoms with Crippen LogP contribution in [-0.2, 0) is 13.0 Å². The third-order valence-electron chi connectivity index (χ3n) is 2.81. The number of aliphatic hydroxyl groups is 1. The summed E-state index contributed by atoms with van der Waals surface area (Å²) in [5.74, 6) is 1.45.